The van der Waals surface area contributed by atoms with Gasteiger partial charge in [0.05, 0.1) is 12.8 Å². The van der Waals surface area contributed by atoms with E-state index in [0.29, 0.717) is 23.5 Å². The van der Waals surface area contributed by atoms with Crippen molar-refractivity contribution in [2.24, 2.45) is 14.1 Å². The fourth-order valence-electron chi connectivity index (χ4n) is 4.11. The lowest BCUT2D eigenvalue weighted by molar-refractivity contribution is 0.415. The second-order valence-electron chi connectivity index (χ2n) is 7.79. The summed E-state index contributed by atoms with van der Waals surface area (Å²) in [5, 5.41) is 0. The van der Waals surface area contributed by atoms with Gasteiger partial charge in [-0.05, 0) is 36.2 Å². The first kappa shape index (κ1) is 19.9. The van der Waals surface area contributed by atoms with E-state index in [1.807, 2.05) is 48.7 Å². The summed E-state index contributed by atoms with van der Waals surface area (Å²) in [5.74, 6) is 1.40. The number of methoxy groups -OCH3 is 1. The van der Waals surface area contributed by atoms with Crippen LogP contribution in [0.25, 0.3) is 28.2 Å². The van der Waals surface area contributed by atoms with E-state index in [0.717, 1.165) is 28.0 Å². The molecule has 0 amide bonds. The second-order valence-corrected chi connectivity index (χ2v) is 7.79. The van der Waals surface area contributed by atoms with Gasteiger partial charge >= 0.3 is 5.69 Å². The van der Waals surface area contributed by atoms with Crippen LogP contribution in [-0.4, -0.2) is 30.2 Å². The quantitative estimate of drug-likeness (QED) is 0.430. The molecule has 0 aliphatic heterocycles. The molecule has 0 bridgehead atoms. The maximum absolute atomic E-state index is 13.0. The molecule has 8 nitrogen and oxygen atoms in total. The zero-order chi connectivity index (χ0) is 22.4. The molecule has 162 valence electrons. The van der Waals surface area contributed by atoms with Crippen LogP contribution in [0.2, 0.25) is 0 Å². The molecule has 32 heavy (non-hydrogen) atoms. The van der Waals surface area contributed by atoms with Crippen molar-refractivity contribution in [3.63, 3.8) is 0 Å². The third-order valence-electron chi connectivity index (χ3n) is 5.91. The zero-order valence-corrected chi connectivity index (χ0v) is 18.1. The predicted octanol–water partition coefficient (Wildman–Crippen LogP) is 2.60. The van der Waals surface area contributed by atoms with Crippen molar-refractivity contribution < 1.29 is 4.74 Å². The highest BCUT2D eigenvalue weighted by atomic mass is 16.5. The third-order valence-corrected chi connectivity index (χ3v) is 5.91. The Bertz CT molecular complexity index is 1550. The molecule has 2 aromatic carbocycles. The van der Waals surface area contributed by atoms with Gasteiger partial charge < -0.3 is 9.30 Å². The van der Waals surface area contributed by atoms with E-state index in [1.54, 1.807) is 18.6 Å². The van der Waals surface area contributed by atoms with Gasteiger partial charge in [0.1, 0.15) is 5.75 Å². The van der Waals surface area contributed by atoms with Crippen LogP contribution in [0.5, 0.6) is 5.75 Å². The van der Waals surface area contributed by atoms with E-state index in [1.165, 1.54) is 17.2 Å². The molecule has 8 heteroatoms. The monoisotopic (exact) mass is 429 g/mol. The highest BCUT2D eigenvalue weighted by Crippen LogP contribution is 2.27. The number of aromatic nitrogens is 5. The smallest absolute Gasteiger partial charge is 0.332 e. The number of fused-ring (bicyclic) bond motifs is 3. The molecule has 5 rings (SSSR count). The van der Waals surface area contributed by atoms with Gasteiger partial charge in [0.2, 0.25) is 5.78 Å². The lowest BCUT2D eigenvalue weighted by Crippen LogP contribution is -2.37. The number of hydrogen-bond donors (Lipinski definition) is 0. The molecule has 0 N–H and O–H groups in total. The molecule has 5 aromatic rings. The molecule has 3 heterocycles. The number of hydrogen-bond acceptors (Lipinski definition) is 4. The van der Waals surface area contributed by atoms with Crippen molar-refractivity contribution in [2.45, 2.75) is 13.0 Å². The highest BCUT2D eigenvalue weighted by molar-refractivity contribution is 5.78. The van der Waals surface area contributed by atoms with Gasteiger partial charge in [-0.15, -0.1) is 0 Å². The van der Waals surface area contributed by atoms with Gasteiger partial charge in [-0.3, -0.25) is 18.3 Å². The van der Waals surface area contributed by atoms with Crippen LogP contribution >= 0.6 is 0 Å². The maximum atomic E-state index is 13.0. The fraction of sp³-hybridized carbons (Fsp3) is 0.208. The van der Waals surface area contributed by atoms with Gasteiger partial charge in [-0.1, -0.05) is 30.3 Å². The number of rotatable bonds is 5. The van der Waals surface area contributed by atoms with Gasteiger partial charge in [0, 0.05) is 32.4 Å². The minimum Gasteiger partial charge on any atom is -0.497 e. The summed E-state index contributed by atoms with van der Waals surface area (Å²) in [7, 11) is 4.76. The Balaban J connectivity index is 1.75. The summed E-state index contributed by atoms with van der Waals surface area (Å²) in [6.45, 7) is 0.666. The zero-order valence-electron chi connectivity index (χ0n) is 18.1. The molecule has 3 aromatic heterocycles. The van der Waals surface area contributed by atoms with Crippen molar-refractivity contribution in [2.75, 3.05) is 7.11 Å². The van der Waals surface area contributed by atoms with Crippen molar-refractivity contribution >= 4 is 16.9 Å². The van der Waals surface area contributed by atoms with Crippen molar-refractivity contribution in [3.05, 3.63) is 87.2 Å². The predicted molar refractivity (Wildman–Crippen MR) is 123 cm³/mol. The Morgan fingerprint density at radius 2 is 1.66 bits per heavy atom. The van der Waals surface area contributed by atoms with Crippen LogP contribution < -0.4 is 16.0 Å². The maximum Gasteiger partial charge on any atom is 0.332 e. The van der Waals surface area contributed by atoms with Gasteiger partial charge in [-0.25, -0.2) is 4.79 Å². The Labute approximate surface area is 183 Å². The number of aryl methyl sites for hydroxylation is 3. The standard InChI is InChI=1S/C24H23N5O3/c1-26-21-20(22(30)27(2)24(26)31)29-15-19(17-9-11-18(32-3)12-10-17)28(23(29)25-21)14-13-16-7-5-4-6-8-16/h4-12,15H,13-14H2,1-3H3. The average Bonchev–Trinajstić information content (AvgIpc) is 3.37. The third kappa shape index (κ3) is 3.03. The fourth-order valence-corrected chi connectivity index (χ4v) is 4.11. The molecule has 0 unspecified atom stereocenters. The number of benzene rings is 2. The first-order valence-electron chi connectivity index (χ1n) is 10.3. The molecule has 0 saturated heterocycles. The lowest BCUT2D eigenvalue weighted by atomic mass is 10.1. The Morgan fingerprint density at radius 3 is 2.34 bits per heavy atom. The first-order valence-corrected chi connectivity index (χ1v) is 10.3. The topological polar surface area (TPSA) is 75.5 Å². The largest absolute Gasteiger partial charge is 0.497 e. The Hall–Kier alpha value is -4.07. The van der Waals surface area contributed by atoms with E-state index in [-0.39, 0.29) is 5.56 Å². The summed E-state index contributed by atoms with van der Waals surface area (Å²) < 4.78 is 11.7. The highest BCUT2D eigenvalue weighted by Gasteiger charge is 2.20. The van der Waals surface area contributed by atoms with E-state index in [2.05, 4.69) is 16.7 Å². The average molecular weight is 429 g/mol. The van der Waals surface area contributed by atoms with Crippen molar-refractivity contribution in [1.82, 2.24) is 23.1 Å². The molecule has 0 radical (unpaired) electrons. The van der Waals surface area contributed by atoms with E-state index < -0.39 is 5.69 Å². The van der Waals surface area contributed by atoms with Crippen LogP contribution in [0.4, 0.5) is 0 Å². The van der Waals surface area contributed by atoms with Crippen LogP contribution in [0, 0.1) is 0 Å². The normalized spacial score (nSPS) is 11.5. The number of ether oxygens (including phenoxy) is 1. The molecular weight excluding hydrogens is 406 g/mol. The molecule has 0 spiro atoms. The van der Waals surface area contributed by atoms with E-state index in [9.17, 15) is 9.59 Å². The van der Waals surface area contributed by atoms with Crippen LogP contribution in [-0.2, 0) is 27.1 Å². The Kier molecular flexibility index (Phi) is 4.70. The molecule has 0 saturated carbocycles. The molecule has 0 aliphatic carbocycles. The number of nitrogens with zero attached hydrogens (tertiary/aromatic N) is 5. The van der Waals surface area contributed by atoms with Crippen molar-refractivity contribution in [3.8, 4) is 17.0 Å². The lowest BCUT2D eigenvalue weighted by Gasteiger charge is -2.10. The second kappa shape index (κ2) is 7.56. The summed E-state index contributed by atoms with van der Waals surface area (Å²) in [4.78, 5) is 30.1. The van der Waals surface area contributed by atoms with E-state index in [4.69, 9.17) is 9.72 Å². The van der Waals surface area contributed by atoms with Crippen LogP contribution in [0.1, 0.15) is 5.56 Å². The summed E-state index contributed by atoms with van der Waals surface area (Å²) in [6, 6.07) is 18.0. The summed E-state index contributed by atoms with van der Waals surface area (Å²) >= 11 is 0. The SMILES string of the molecule is COc1ccc(-c2cn3c4c(=O)n(C)c(=O)n(C)c4nc3n2CCc2ccccc2)cc1. The molecule has 0 aliphatic rings. The Morgan fingerprint density at radius 1 is 0.938 bits per heavy atom. The van der Waals surface area contributed by atoms with Gasteiger partial charge in [-0.2, -0.15) is 4.98 Å². The minimum absolute atomic E-state index is 0.364. The molecule has 0 atom stereocenters. The number of imidazole rings is 2. The van der Waals surface area contributed by atoms with Crippen LogP contribution in [0.3, 0.4) is 0 Å². The van der Waals surface area contributed by atoms with Gasteiger partial charge in [0.25, 0.3) is 5.56 Å². The summed E-state index contributed by atoms with van der Waals surface area (Å²) in [6.07, 6.45) is 2.72. The van der Waals surface area contributed by atoms with Crippen molar-refractivity contribution in [1.29, 1.82) is 0 Å². The summed E-state index contributed by atoms with van der Waals surface area (Å²) in [5.41, 5.74) is 3.13. The van der Waals surface area contributed by atoms with E-state index >= 15 is 0 Å². The first-order chi connectivity index (χ1) is 15.5. The van der Waals surface area contributed by atoms with Gasteiger partial charge in [0.15, 0.2) is 11.2 Å². The molecular formula is C24H23N5O3. The van der Waals surface area contributed by atoms with Crippen LogP contribution in [0.15, 0.2) is 70.4 Å². The minimum atomic E-state index is -0.394. The molecule has 0 fully saturated rings.